The molecule has 2 amide bonds. The van der Waals surface area contributed by atoms with Crippen molar-refractivity contribution >= 4 is 17.6 Å². The molecule has 0 radical (unpaired) electrons. The van der Waals surface area contributed by atoms with E-state index in [1.807, 2.05) is 6.92 Å². The largest absolute Gasteiger partial charge is 0.370 e. The summed E-state index contributed by atoms with van der Waals surface area (Å²) in [6.45, 7) is 5.92. The summed E-state index contributed by atoms with van der Waals surface area (Å²) in [5, 5.41) is 5.64. The van der Waals surface area contributed by atoms with Crippen molar-refractivity contribution in [3.8, 4) is 0 Å². The quantitative estimate of drug-likeness (QED) is 0.711. The van der Waals surface area contributed by atoms with Gasteiger partial charge in [-0.25, -0.2) is 4.98 Å². The lowest BCUT2D eigenvalue weighted by Gasteiger charge is -2.22. The van der Waals surface area contributed by atoms with E-state index in [1.165, 1.54) is 0 Å². The van der Waals surface area contributed by atoms with E-state index < -0.39 is 17.4 Å². The number of hydrogen-bond donors (Lipinski definition) is 3. The Kier molecular flexibility index (Phi) is 4.86. The molecule has 1 aromatic rings. The fourth-order valence-electron chi connectivity index (χ4n) is 1.32. The summed E-state index contributed by atoms with van der Waals surface area (Å²) in [6.07, 6.45) is 0.965. The molecule has 4 N–H and O–H groups in total. The molecule has 0 fully saturated rings. The zero-order valence-corrected chi connectivity index (χ0v) is 11.5. The van der Waals surface area contributed by atoms with Gasteiger partial charge < -0.3 is 16.4 Å². The highest BCUT2D eigenvalue weighted by Crippen LogP contribution is 2.07. The van der Waals surface area contributed by atoms with E-state index in [9.17, 15) is 9.59 Å². The van der Waals surface area contributed by atoms with Gasteiger partial charge in [-0.3, -0.25) is 9.59 Å². The summed E-state index contributed by atoms with van der Waals surface area (Å²) in [6, 6.07) is 5.10. The van der Waals surface area contributed by atoms with Crippen LogP contribution in [0.5, 0.6) is 0 Å². The molecule has 0 saturated heterocycles. The molecular weight excluding hydrogens is 244 g/mol. The average molecular weight is 264 g/mol. The Morgan fingerprint density at radius 3 is 2.63 bits per heavy atom. The van der Waals surface area contributed by atoms with Crippen LogP contribution in [0.25, 0.3) is 0 Å². The van der Waals surface area contributed by atoms with Gasteiger partial charge in [0.15, 0.2) is 0 Å². The molecule has 104 valence electrons. The maximum absolute atomic E-state index is 12.0. The van der Waals surface area contributed by atoms with E-state index >= 15 is 0 Å². The lowest BCUT2D eigenvalue weighted by Crippen LogP contribution is -2.53. The molecule has 0 bridgehead atoms. The molecule has 0 atom stereocenters. The molecule has 1 rings (SSSR count). The molecule has 0 aromatic carbocycles. The zero-order valence-electron chi connectivity index (χ0n) is 11.5. The minimum Gasteiger partial charge on any atom is -0.370 e. The first kappa shape index (κ1) is 14.9. The topological polar surface area (TPSA) is 97.1 Å². The van der Waals surface area contributed by atoms with Crippen molar-refractivity contribution in [1.82, 2.24) is 10.3 Å². The minimum atomic E-state index is -1.11. The number of hydrogen-bond acceptors (Lipinski definition) is 4. The number of primary amides is 1. The van der Waals surface area contributed by atoms with Crippen molar-refractivity contribution < 1.29 is 9.59 Å². The molecule has 0 saturated carbocycles. The monoisotopic (exact) mass is 264 g/mol. The van der Waals surface area contributed by atoms with Crippen LogP contribution in [-0.4, -0.2) is 28.9 Å². The van der Waals surface area contributed by atoms with E-state index in [4.69, 9.17) is 5.73 Å². The van der Waals surface area contributed by atoms with Gasteiger partial charge in [-0.05, 0) is 32.4 Å². The lowest BCUT2D eigenvalue weighted by atomic mass is 10.1. The van der Waals surface area contributed by atoms with Crippen molar-refractivity contribution in [3.05, 3.63) is 23.9 Å². The number of pyridine rings is 1. The molecular formula is C13H20N4O2. The average Bonchev–Trinajstić information content (AvgIpc) is 2.36. The Bertz CT molecular complexity index is 471. The number of amides is 2. The molecule has 0 aliphatic heterocycles. The van der Waals surface area contributed by atoms with Gasteiger partial charge in [0.2, 0.25) is 5.91 Å². The Hall–Kier alpha value is -2.11. The normalized spacial score (nSPS) is 10.9. The maximum atomic E-state index is 12.0. The van der Waals surface area contributed by atoms with Gasteiger partial charge in [0.25, 0.3) is 5.91 Å². The zero-order chi connectivity index (χ0) is 14.5. The molecule has 0 aliphatic carbocycles. The minimum absolute atomic E-state index is 0.246. The second-order valence-electron chi connectivity index (χ2n) is 4.78. The van der Waals surface area contributed by atoms with Crippen LogP contribution >= 0.6 is 0 Å². The third kappa shape index (κ3) is 4.24. The summed E-state index contributed by atoms with van der Waals surface area (Å²) >= 11 is 0. The first-order valence-corrected chi connectivity index (χ1v) is 6.20. The SMILES string of the molecule is CCCNc1cccc(C(=O)NC(C)(C)C(N)=O)n1. The molecule has 6 heteroatoms. The highest BCUT2D eigenvalue weighted by molar-refractivity contribution is 5.97. The smallest absolute Gasteiger partial charge is 0.270 e. The van der Waals surface area contributed by atoms with Crippen LogP contribution in [0.15, 0.2) is 18.2 Å². The highest BCUT2D eigenvalue weighted by Gasteiger charge is 2.27. The van der Waals surface area contributed by atoms with Crippen molar-refractivity contribution in [2.75, 3.05) is 11.9 Å². The summed E-state index contributed by atoms with van der Waals surface area (Å²) in [4.78, 5) is 27.3. The molecule has 6 nitrogen and oxygen atoms in total. The predicted octanol–water partition coefficient (Wildman–Crippen LogP) is 0.897. The van der Waals surface area contributed by atoms with Gasteiger partial charge in [0, 0.05) is 6.54 Å². The van der Waals surface area contributed by atoms with Crippen LogP contribution < -0.4 is 16.4 Å². The summed E-state index contributed by atoms with van der Waals surface area (Å²) in [5.41, 5.74) is 4.35. The highest BCUT2D eigenvalue weighted by atomic mass is 16.2. The fourth-order valence-corrected chi connectivity index (χ4v) is 1.32. The molecule has 0 aliphatic rings. The first-order valence-electron chi connectivity index (χ1n) is 6.20. The van der Waals surface area contributed by atoms with Gasteiger partial charge in [-0.15, -0.1) is 0 Å². The number of nitrogens with two attached hydrogens (primary N) is 1. The second kappa shape index (κ2) is 6.17. The number of anilines is 1. The number of carbonyl (C=O) groups is 2. The van der Waals surface area contributed by atoms with Crippen molar-refractivity contribution in [2.24, 2.45) is 5.73 Å². The lowest BCUT2D eigenvalue weighted by molar-refractivity contribution is -0.122. The van der Waals surface area contributed by atoms with Crippen LogP contribution in [0.3, 0.4) is 0 Å². The van der Waals surface area contributed by atoms with Crippen LogP contribution in [0, 0.1) is 0 Å². The maximum Gasteiger partial charge on any atom is 0.270 e. The van der Waals surface area contributed by atoms with Gasteiger partial charge >= 0.3 is 0 Å². The number of rotatable bonds is 6. The first-order chi connectivity index (χ1) is 8.86. The van der Waals surface area contributed by atoms with Crippen molar-refractivity contribution in [2.45, 2.75) is 32.7 Å². The summed E-state index contributed by atoms with van der Waals surface area (Å²) in [7, 11) is 0. The second-order valence-corrected chi connectivity index (χ2v) is 4.78. The number of aromatic nitrogens is 1. The van der Waals surface area contributed by atoms with Crippen LogP contribution in [0.1, 0.15) is 37.7 Å². The van der Waals surface area contributed by atoms with Crippen LogP contribution in [0.4, 0.5) is 5.82 Å². The summed E-state index contributed by atoms with van der Waals surface area (Å²) < 4.78 is 0. The van der Waals surface area contributed by atoms with E-state index in [1.54, 1.807) is 32.0 Å². The van der Waals surface area contributed by atoms with Crippen LogP contribution in [-0.2, 0) is 4.79 Å². The number of nitrogens with one attached hydrogen (secondary N) is 2. The van der Waals surface area contributed by atoms with Gasteiger partial charge in [-0.2, -0.15) is 0 Å². The molecule has 19 heavy (non-hydrogen) atoms. The van der Waals surface area contributed by atoms with E-state index in [0.717, 1.165) is 13.0 Å². The van der Waals surface area contributed by atoms with Crippen LogP contribution in [0.2, 0.25) is 0 Å². The van der Waals surface area contributed by atoms with Gasteiger partial charge in [0.05, 0.1) is 0 Å². The van der Waals surface area contributed by atoms with E-state index in [0.29, 0.717) is 5.82 Å². The predicted molar refractivity (Wildman–Crippen MR) is 73.8 cm³/mol. The molecule has 1 aromatic heterocycles. The van der Waals surface area contributed by atoms with E-state index in [2.05, 4.69) is 15.6 Å². The fraction of sp³-hybridized carbons (Fsp3) is 0.462. The van der Waals surface area contributed by atoms with Crippen molar-refractivity contribution in [1.29, 1.82) is 0 Å². The Morgan fingerprint density at radius 2 is 2.05 bits per heavy atom. The third-order valence-corrected chi connectivity index (χ3v) is 2.58. The van der Waals surface area contributed by atoms with Gasteiger partial charge in [-0.1, -0.05) is 13.0 Å². The van der Waals surface area contributed by atoms with Crippen molar-refractivity contribution in [3.63, 3.8) is 0 Å². The van der Waals surface area contributed by atoms with Gasteiger partial charge in [0.1, 0.15) is 17.1 Å². The number of carbonyl (C=O) groups excluding carboxylic acids is 2. The Morgan fingerprint density at radius 1 is 1.37 bits per heavy atom. The van der Waals surface area contributed by atoms with E-state index in [-0.39, 0.29) is 5.69 Å². The molecule has 0 unspecified atom stereocenters. The number of nitrogens with zero attached hydrogens (tertiary/aromatic N) is 1. The third-order valence-electron chi connectivity index (χ3n) is 2.58. The Labute approximate surface area is 112 Å². The molecule has 0 spiro atoms. The Balaban J connectivity index is 2.80. The molecule has 1 heterocycles. The summed E-state index contributed by atoms with van der Waals surface area (Å²) in [5.74, 6) is -0.392. The standard InChI is InChI=1S/C13H20N4O2/c1-4-8-15-10-7-5-6-9(16-10)11(18)17-13(2,3)12(14)19/h5-7H,4,8H2,1-3H3,(H2,14,19)(H,15,16)(H,17,18).